The summed E-state index contributed by atoms with van der Waals surface area (Å²) in [6.07, 6.45) is 1.52. The van der Waals surface area contributed by atoms with Gasteiger partial charge in [0.2, 0.25) is 0 Å². The van der Waals surface area contributed by atoms with E-state index >= 15 is 0 Å². The highest BCUT2D eigenvalue weighted by atomic mass is 16.5. The molecule has 0 aliphatic rings. The van der Waals surface area contributed by atoms with Gasteiger partial charge in [-0.15, -0.1) is 0 Å². The van der Waals surface area contributed by atoms with E-state index < -0.39 is 5.97 Å². The molecule has 0 unspecified atom stereocenters. The fourth-order valence-electron chi connectivity index (χ4n) is 1.67. The molecule has 2 aromatic rings. The van der Waals surface area contributed by atoms with E-state index in [0.717, 1.165) is 5.56 Å². The molecule has 4 nitrogen and oxygen atoms in total. The third kappa shape index (κ3) is 2.66. The number of nitrogens with zero attached hydrogens (tertiary/aromatic N) is 1. The first-order valence-electron chi connectivity index (χ1n) is 5.53. The average Bonchev–Trinajstić information content (AvgIpc) is 2.41. The lowest BCUT2D eigenvalue weighted by Crippen LogP contribution is -2.21. The maximum atomic E-state index is 11.7. The molecule has 0 fully saturated rings. The highest BCUT2D eigenvalue weighted by Gasteiger charge is 2.07. The molecule has 1 aromatic heterocycles. The van der Waals surface area contributed by atoms with Gasteiger partial charge in [0.1, 0.15) is 0 Å². The Labute approximate surface area is 104 Å². The summed E-state index contributed by atoms with van der Waals surface area (Å²) in [5.41, 5.74) is 1.22. The first kappa shape index (κ1) is 12.1. The summed E-state index contributed by atoms with van der Waals surface area (Å²) in [5, 5.41) is 0. The molecule has 18 heavy (non-hydrogen) atoms. The number of carbonyl (C=O) groups is 1. The van der Waals surface area contributed by atoms with Gasteiger partial charge >= 0.3 is 5.97 Å². The Kier molecular flexibility index (Phi) is 3.57. The molecule has 0 saturated heterocycles. The van der Waals surface area contributed by atoms with Crippen molar-refractivity contribution in [3.05, 3.63) is 70.1 Å². The SMILES string of the molecule is COC(=O)c1ccc(=O)n(Cc2ccccc2)c1. The summed E-state index contributed by atoms with van der Waals surface area (Å²) in [6, 6.07) is 12.4. The molecule has 1 aromatic carbocycles. The van der Waals surface area contributed by atoms with Crippen molar-refractivity contribution in [2.45, 2.75) is 6.54 Å². The van der Waals surface area contributed by atoms with Gasteiger partial charge in [-0.05, 0) is 11.6 Å². The zero-order chi connectivity index (χ0) is 13.0. The van der Waals surface area contributed by atoms with Gasteiger partial charge in [0, 0.05) is 12.3 Å². The zero-order valence-electron chi connectivity index (χ0n) is 10.00. The average molecular weight is 243 g/mol. The third-order valence-electron chi connectivity index (χ3n) is 2.60. The van der Waals surface area contributed by atoms with Gasteiger partial charge in [0.05, 0.1) is 19.2 Å². The van der Waals surface area contributed by atoms with Gasteiger partial charge in [0.25, 0.3) is 5.56 Å². The van der Waals surface area contributed by atoms with E-state index in [0.29, 0.717) is 12.1 Å². The Morgan fingerprint density at radius 3 is 2.56 bits per heavy atom. The Balaban J connectivity index is 2.33. The molecular weight excluding hydrogens is 230 g/mol. The highest BCUT2D eigenvalue weighted by molar-refractivity contribution is 5.88. The smallest absolute Gasteiger partial charge is 0.339 e. The highest BCUT2D eigenvalue weighted by Crippen LogP contribution is 2.03. The molecule has 0 atom stereocenters. The van der Waals surface area contributed by atoms with Crippen LogP contribution in [0.2, 0.25) is 0 Å². The lowest BCUT2D eigenvalue weighted by Gasteiger charge is -2.07. The number of benzene rings is 1. The number of hydrogen-bond acceptors (Lipinski definition) is 3. The summed E-state index contributed by atoms with van der Waals surface area (Å²) in [4.78, 5) is 23.1. The van der Waals surface area contributed by atoms with Crippen LogP contribution in [0.15, 0.2) is 53.5 Å². The zero-order valence-corrected chi connectivity index (χ0v) is 10.00. The van der Waals surface area contributed by atoms with Crippen LogP contribution >= 0.6 is 0 Å². The largest absolute Gasteiger partial charge is 0.465 e. The van der Waals surface area contributed by atoms with Crippen molar-refractivity contribution >= 4 is 5.97 Å². The van der Waals surface area contributed by atoms with Gasteiger partial charge in [-0.1, -0.05) is 30.3 Å². The minimum Gasteiger partial charge on any atom is -0.465 e. The minimum absolute atomic E-state index is 0.147. The number of aromatic nitrogens is 1. The van der Waals surface area contributed by atoms with Crippen LogP contribution in [-0.2, 0) is 11.3 Å². The first-order valence-corrected chi connectivity index (χ1v) is 5.53. The maximum Gasteiger partial charge on any atom is 0.339 e. The Morgan fingerprint density at radius 2 is 1.89 bits per heavy atom. The van der Waals surface area contributed by atoms with Crippen molar-refractivity contribution in [1.29, 1.82) is 0 Å². The fourth-order valence-corrected chi connectivity index (χ4v) is 1.67. The standard InChI is InChI=1S/C14H13NO3/c1-18-14(17)12-7-8-13(16)15(10-12)9-11-5-3-2-4-6-11/h2-8,10H,9H2,1H3. The van der Waals surface area contributed by atoms with Gasteiger partial charge < -0.3 is 9.30 Å². The summed E-state index contributed by atoms with van der Waals surface area (Å²) in [7, 11) is 1.31. The lowest BCUT2D eigenvalue weighted by atomic mass is 10.2. The first-order chi connectivity index (χ1) is 8.70. The van der Waals surface area contributed by atoms with Crippen LogP contribution < -0.4 is 5.56 Å². The second kappa shape index (κ2) is 5.31. The van der Waals surface area contributed by atoms with Crippen LogP contribution in [0, 0.1) is 0 Å². The van der Waals surface area contributed by atoms with Crippen LogP contribution in [0.4, 0.5) is 0 Å². The van der Waals surface area contributed by atoms with Crippen molar-refractivity contribution < 1.29 is 9.53 Å². The van der Waals surface area contributed by atoms with E-state index in [-0.39, 0.29) is 5.56 Å². The summed E-state index contributed by atoms with van der Waals surface area (Å²) in [6.45, 7) is 0.435. The molecule has 4 heteroatoms. The van der Waals surface area contributed by atoms with E-state index in [9.17, 15) is 9.59 Å². The number of carbonyl (C=O) groups excluding carboxylic acids is 1. The molecular formula is C14H13NO3. The Bertz CT molecular complexity index is 602. The molecule has 0 radical (unpaired) electrons. The van der Waals surface area contributed by atoms with Gasteiger partial charge in [-0.3, -0.25) is 4.79 Å². The third-order valence-corrected chi connectivity index (χ3v) is 2.60. The number of esters is 1. The molecule has 0 N–H and O–H groups in total. The number of rotatable bonds is 3. The molecule has 2 rings (SSSR count). The minimum atomic E-state index is -0.447. The molecule has 0 aliphatic carbocycles. The van der Waals surface area contributed by atoms with E-state index in [1.54, 1.807) is 0 Å². The second-order valence-corrected chi connectivity index (χ2v) is 3.86. The number of methoxy groups -OCH3 is 1. The van der Waals surface area contributed by atoms with E-state index in [4.69, 9.17) is 0 Å². The molecule has 0 bridgehead atoms. The molecule has 0 spiro atoms. The van der Waals surface area contributed by atoms with Crippen molar-refractivity contribution in [2.24, 2.45) is 0 Å². The number of pyridine rings is 1. The van der Waals surface area contributed by atoms with E-state index in [2.05, 4.69) is 4.74 Å². The molecule has 0 saturated carbocycles. The Morgan fingerprint density at radius 1 is 1.17 bits per heavy atom. The normalized spacial score (nSPS) is 10.1. The monoisotopic (exact) mass is 243 g/mol. The van der Waals surface area contributed by atoms with Crippen LogP contribution in [0.5, 0.6) is 0 Å². The van der Waals surface area contributed by atoms with Crippen LogP contribution in [0.25, 0.3) is 0 Å². The predicted molar refractivity (Wildman–Crippen MR) is 67.6 cm³/mol. The summed E-state index contributed by atoms with van der Waals surface area (Å²) < 4.78 is 6.11. The van der Waals surface area contributed by atoms with Crippen molar-refractivity contribution in [3.8, 4) is 0 Å². The van der Waals surface area contributed by atoms with Crippen molar-refractivity contribution in [1.82, 2.24) is 4.57 Å². The van der Waals surface area contributed by atoms with Crippen LogP contribution in [-0.4, -0.2) is 17.6 Å². The van der Waals surface area contributed by atoms with Gasteiger partial charge in [-0.2, -0.15) is 0 Å². The molecule has 0 amide bonds. The number of hydrogen-bond donors (Lipinski definition) is 0. The predicted octanol–water partition coefficient (Wildman–Crippen LogP) is 1.68. The second-order valence-electron chi connectivity index (χ2n) is 3.86. The quantitative estimate of drug-likeness (QED) is 0.771. The van der Waals surface area contributed by atoms with Crippen LogP contribution in [0.3, 0.4) is 0 Å². The number of ether oxygens (including phenoxy) is 1. The summed E-state index contributed by atoms with van der Waals surface area (Å²) in [5.74, 6) is -0.447. The lowest BCUT2D eigenvalue weighted by molar-refractivity contribution is 0.0599. The van der Waals surface area contributed by atoms with E-state index in [1.165, 1.54) is 30.0 Å². The molecule has 92 valence electrons. The molecule has 0 aliphatic heterocycles. The van der Waals surface area contributed by atoms with Gasteiger partial charge in [0.15, 0.2) is 0 Å². The topological polar surface area (TPSA) is 48.3 Å². The van der Waals surface area contributed by atoms with Crippen LogP contribution in [0.1, 0.15) is 15.9 Å². The fraction of sp³-hybridized carbons (Fsp3) is 0.143. The van der Waals surface area contributed by atoms with Crippen molar-refractivity contribution in [3.63, 3.8) is 0 Å². The Hall–Kier alpha value is -2.36. The van der Waals surface area contributed by atoms with Gasteiger partial charge in [-0.25, -0.2) is 4.79 Å². The van der Waals surface area contributed by atoms with Crippen molar-refractivity contribution in [2.75, 3.05) is 7.11 Å². The maximum absolute atomic E-state index is 11.7. The van der Waals surface area contributed by atoms with E-state index in [1.807, 2.05) is 30.3 Å². The molecule has 1 heterocycles. The summed E-state index contributed by atoms with van der Waals surface area (Å²) >= 11 is 0.